The number of benzene rings is 1. The van der Waals surface area contributed by atoms with Crippen molar-refractivity contribution in [3.8, 4) is 0 Å². The van der Waals surface area contributed by atoms with Gasteiger partial charge in [0.1, 0.15) is 10.8 Å². The molecular weight excluding hydrogens is 291 g/mol. The monoisotopic (exact) mass is 306 g/mol. The molecule has 3 N–H and O–H groups in total. The van der Waals surface area contributed by atoms with Gasteiger partial charge in [-0.15, -0.1) is 11.3 Å². The molecule has 0 fully saturated rings. The van der Waals surface area contributed by atoms with Gasteiger partial charge in [0.15, 0.2) is 0 Å². The Hall–Kier alpha value is -1.46. The summed E-state index contributed by atoms with van der Waals surface area (Å²) in [5.74, 6) is -0.321. The molecule has 1 aliphatic carbocycles. The maximum atomic E-state index is 13.3. The summed E-state index contributed by atoms with van der Waals surface area (Å²) in [4.78, 5) is 1.65. The zero-order valence-electron chi connectivity index (χ0n) is 10.9. The summed E-state index contributed by atoms with van der Waals surface area (Å²) in [6.45, 7) is 0. The van der Waals surface area contributed by atoms with Gasteiger partial charge in [-0.3, -0.25) is 0 Å². The molecule has 0 spiro atoms. The molecule has 3 rings (SSSR count). The lowest BCUT2D eigenvalue weighted by molar-refractivity contribution is 0.607. The minimum absolute atomic E-state index is 0.216. The van der Waals surface area contributed by atoms with E-state index in [4.69, 9.17) is 18.0 Å². The van der Waals surface area contributed by atoms with Gasteiger partial charge in [-0.1, -0.05) is 12.2 Å². The lowest BCUT2D eigenvalue weighted by atomic mass is 9.93. The quantitative estimate of drug-likeness (QED) is 0.841. The number of aryl methyl sites for hydroxylation is 1. The van der Waals surface area contributed by atoms with E-state index in [1.807, 2.05) is 0 Å². The number of halogens is 1. The molecule has 2 aromatic rings. The van der Waals surface area contributed by atoms with Crippen molar-refractivity contribution in [2.45, 2.75) is 25.3 Å². The van der Waals surface area contributed by atoms with Gasteiger partial charge in [-0.25, -0.2) is 4.39 Å². The number of anilines is 1. The first kappa shape index (κ1) is 13.5. The standard InChI is InChI=1S/C15H15FN2S2/c16-9-4-5-13(11(8-9)15(17)19)18-12-2-1-3-14-10(12)6-7-20-14/h4-8,12,18H,1-3H2,(H2,17,19). The molecule has 0 amide bonds. The summed E-state index contributed by atoms with van der Waals surface area (Å²) in [5.41, 5.74) is 8.42. The van der Waals surface area contributed by atoms with Crippen LogP contribution in [-0.4, -0.2) is 4.99 Å². The fourth-order valence-corrected chi connectivity index (χ4v) is 3.83. The highest BCUT2D eigenvalue weighted by atomic mass is 32.1. The van der Waals surface area contributed by atoms with E-state index in [-0.39, 0.29) is 16.8 Å². The van der Waals surface area contributed by atoms with Crippen LogP contribution in [0.25, 0.3) is 0 Å². The Morgan fingerprint density at radius 2 is 2.25 bits per heavy atom. The van der Waals surface area contributed by atoms with Gasteiger partial charge in [0.05, 0.1) is 6.04 Å². The number of nitrogens with one attached hydrogen (secondary N) is 1. The number of rotatable bonds is 3. The van der Waals surface area contributed by atoms with E-state index in [0.717, 1.165) is 24.9 Å². The molecule has 1 aliphatic rings. The molecule has 2 nitrogen and oxygen atoms in total. The first-order valence-electron chi connectivity index (χ1n) is 6.57. The van der Waals surface area contributed by atoms with E-state index in [2.05, 4.69) is 16.8 Å². The smallest absolute Gasteiger partial charge is 0.124 e. The highest BCUT2D eigenvalue weighted by Gasteiger charge is 2.22. The third-order valence-electron chi connectivity index (χ3n) is 3.63. The van der Waals surface area contributed by atoms with Crippen LogP contribution in [0.3, 0.4) is 0 Å². The molecule has 1 heterocycles. The van der Waals surface area contributed by atoms with Gasteiger partial charge >= 0.3 is 0 Å². The summed E-state index contributed by atoms with van der Waals surface area (Å²) < 4.78 is 13.3. The van der Waals surface area contributed by atoms with Crippen molar-refractivity contribution >= 4 is 34.2 Å². The minimum atomic E-state index is -0.321. The van der Waals surface area contributed by atoms with Crippen LogP contribution in [0.5, 0.6) is 0 Å². The van der Waals surface area contributed by atoms with Crippen molar-refractivity contribution in [3.05, 3.63) is 51.5 Å². The van der Waals surface area contributed by atoms with E-state index in [9.17, 15) is 4.39 Å². The predicted octanol–water partition coefficient (Wildman–Crippen LogP) is 4.01. The number of fused-ring (bicyclic) bond motifs is 1. The molecular formula is C15H15FN2S2. The molecule has 0 saturated carbocycles. The van der Waals surface area contributed by atoms with Gasteiger partial charge in [0.2, 0.25) is 0 Å². The van der Waals surface area contributed by atoms with E-state index < -0.39 is 0 Å². The average molecular weight is 306 g/mol. The minimum Gasteiger partial charge on any atom is -0.389 e. The van der Waals surface area contributed by atoms with E-state index >= 15 is 0 Å². The van der Waals surface area contributed by atoms with Crippen molar-refractivity contribution in [3.63, 3.8) is 0 Å². The van der Waals surface area contributed by atoms with E-state index in [0.29, 0.717) is 5.56 Å². The molecule has 0 aliphatic heterocycles. The molecule has 1 aromatic carbocycles. The number of thiophene rings is 1. The van der Waals surface area contributed by atoms with Gasteiger partial charge in [0.25, 0.3) is 0 Å². The Morgan fingerprint density at radius 3 is 3.05 bits per heavy atom. The lowest BCUT2D eigenvalue weighted by Crippen LogP contribution is -2.19. The molecule has 1 atom stereocenters. The SMILES string of the molecule is NC(=S)c1cc(F)ccc1NC1CCCc2sccc21. The van der Waals surface area contributed by atoms with Gasteiger partial charge in [-0.05, 0) is 54.5 Å². The van der Waals surface area contributed by atoms with Crippen LogP contribution in [0.15, 0.2) is 29.6 Å². The Labute approximate surface area is 126 Å². The van der Waals surface area contributed by atoms with Gasteiger partial charge in [0, 0.05) is 16.1 Å². The van der Waals surface area contributed by atoms with Crippen molar-refractivity contribution in [2.24, 2.45) is 5.73 Å². The molecule has 5 heteroatoms. The summed E-state index contributed by atoms with van der Waals surface area (Å²) in [5, 5.41) is 5.60. The van der Waals surface area contributed by atoms with Crippen molar-refractivity contribution in [1.29, 1.82) is 0 Å². The summed E-state index contributed by atoms with van der Waals surface area (Å²) in [7, 11) is 0. The first-order chi connectivity index (χ1) is 9.65. The lowest BCUT2D eigenvalue weighted by Gasteiger charge is -2.25. The second kappa shape index (κ2) is 5.50. The van der Waals surface area contributed by atoms with Crippen molar-refractivity contribution in [1.82, 2.24) is 0 Å². The summed E-state index contributed by atoms with van der Waals surface area (Å²) >= 11 is 6.81. The van der Waals surface area contributed by atoms with E-state index in [1.54, 1.807) is 17.4 Å². The number of hydrogen-bond acceptors (Lipinski definition) is 3. The number of nitrogens with two attached hydrogens (primary N) is 1. The van der Waals surface area contributed by atoms with Gasteiger partial charge in [-0.2, -0.15) is 0 Å². The molecule has 104 valence electrons. The Balaban J connectivity index is 1.92. The van der Waals surface area contributed by atoms with Crippen LogP contribution in [-0.2, 0) is 6.42 Å². The number of hydrogen-bond donors (Lipinski definition) is 2. The summed E-state index contributed by atoms with van der Waals surface area (Å²) in [6, 6.07) is 6.96. The third-order valence-corrected chi connectivity index (χ3v) is 4.85. The summed E-state index contributed by atoms with van der Waals surface area (Å²) in [6.07, 6.45) is 3.38. The second-order valence-corrected chi connectivity index (χ2v) is 6.38. The average Bonchev–Trinajstić information content (AvgIpc) is 2.90. The van der Waals surface area contributed by atoms with Crippen molar-refractivity contribution in [2.75, 3.05) is 5.32 Å². The molecule has 1 aromatic heterocycles. The normalized spacial score (nSPS) is 17.6. The third kappa shape index (κ3) is 2.55. The van der Waals surface area contributed by atoms with Crippen LogP contribution in [0.1, 0.15) is 34.9 Å². The maximum Gasteiger partial charge on any atom is 0.124 e. The topological polar surface area (TPSA) is 38.0 Å². The Kier molecular flexibility index (Phi) is 3.72. The molecule has 20 heavy (non-hydrogen) atoms. The Morgan fingerprint density at radius 1 is 1.40 bits per heavy atom. The largest absolute Gasteiger partial charge is 0.389 e. The van der Waals surface area contributed by atoms with Crippen molar-refractivity contribution < 1.29 is 4.39 Å². The number of thiocarbonyl (C=S) groups is 1. The van der Waals surface area contributed by atoms with Crippen LogP contribution in [0, 0.1) is 5.82 Å². The zero-order valence-corrected chi connectivity index (χ0v) is 12.5. The fraction of sp³-hybridized carbons (Fsp3) is 0.267. The maximum absolute atomic E-state index is 13.3. The zero-order chi connectivity index (χ0) is 14.1. The van der Waals surface area contributed by atoms with Crippen LogP contribution in [0.2, 0.25) is 0 Å². The highest BCUT2D eigenvalue weighted by molar-refractivity contribution is 7.80. The fourth-order valence-electron chi connectivity index (χ4n) is 2.67. The Bertz CT molecular complexity index is 651. The van der Waals surface area contributed by atoms with Crippen LogP contribution in [0.4, 0.5) is 10.1 Å². The van der Waals surface area contributed by atoms with Gasteiger partial charge < -0.3 is 11.1 Å². The van der Waals surface area contributed by atoms with Crippen LogP contribution < -0.4 is 11.1 Å². The second-order valence-electron chi connectivity index (χ2n) is 4.94. The molecule has 1 unspecified atom stereocenters. The molecule has 0 saturated heterocycles. The predicted molar refractivity (Wildman–Crippen MR) is 85.9 cm³/mol. The van der Waals surface area contributed by atoms with Crippen LogP contribution >= 0.6 is 23.6 Å². The highest BCUT2D eigenvalue weighted by Crippen LogP contribution is 2.36. The van der Waals surface area contributed by atoms with E-state index in [1.165, 1.54) is 22.6 Å². The molecule has 0 bridgehead atoms. The molecule has 0 radical (unpaired) electrons. The first-order valence-corrected chi connectivity index (χ1v) is 7.86.